The van der Waals surface area contributed by atoms with Crippen molar-refractivity contribution in [3.05, 3.63) is 140 Å². The van der Waals surface area contributed by atoms with Gasteiger partial charge in [0.05, 0.1) is 0 Å². The van der Waals surface area contributed by atoms with Crippen molar-refractivity contribution in [2.24, 2.45) is 0 Å². The molecule has 3 aromatic heterocycles. The number of para-hydroxylation sites is 2. The predicted molar refractivity (Wildman–Crippen MR) is 176 cm³/mol. The molecule has 5 nitrogen and oxygen atoms in total. The highest BCUT2D eigenvalue weighted by atomic mass is 16.3. The maximum Gasteiger partial charge on any atom is 0.164 e. The van der Waals surface area contributed by atoms with E-state index in [1.807, 2.05) is 91.0 Å². The van der Waals surface area contributed by atoms with E-state index in [0.717, 1.165) is 71.7 Å². The van der Waals surface area contributed by atoms with Gasteiger partial charge in [-0.2, -0.15) is 0 Å². The smallest absolute Gasteiger partial charge is 0.164 e. The van der Waals surface area contributed by atoms with Gasteiger partial charge < -0.3 is 8.83 Å². The molecule has 0 radical (unpaired) electrons. The summed E-state index contributed by atoms with van der Waals surface area (Å²) in [5.74, 6) is 1.83. The van der Waals surface area contributed by atoms with Gasteiger partial charge in [-0.25, -0.2) is 15.0 Å². The minimum absolute atomic E-state index is 0.602. The summed E-state index contributed by atoms with van der Waals surface area (Å²) in [6.07, 6.45) is 0. The zero-order chi connectivity index (χ0) is 29.0. The van der Waals surface area contributed by atoms with Crippen molar-refractivity contribution in [2.75, 3.05) is 0 Å². The SMILES string of the molecule is c1ccc(-c2nc(-c3ccc(-c4cccc5oc6ccccc6c45)cc3)nc(-c3cccc4oc5ccccc5c34)n2)cc1. The second kappa shape index (κ2) is 9.75. The van der Waals surface area contributed by atoms with E-state index >= 15 is 0 Å². The largest absolute Gasteiger partial charge is 0.456 e. The van der Waals surface area contributed by atoms with E-state index in [9.17, 15) is 0 Å². The molecule has 9 aromatic rings. The first-order valence-electron chi connectivity index (χ1n) is 14.5. The van der Waals surface area contributed by atoms with E-state index in [0.29, 0.717) is 17.5 Å². The van der Waals surface area contributed by atoms with Crippen molar-refractivity contribution >= 4 is 43.9 Å². The molecule has 0 N–H and O–H groups in total. The number of rotatable bonds is 4. The number of furan rings is 2. The lowest BCUT2D eigenvalue weighted by molar-refractivity contribution is 0.668. The van der Waals surface area contributed by atoms with Crippen LogP contribution >= 0.6 is 0 Å². The summed E-state index contributed by atoms with van der Waals surface area (Å²) in [4.78, 5) is 15.0. The third kappa shape index (κ3) is 3.91. The lowest BCUT2D eigenvalue weighted by Gasteiger charge is -2.10. The van der Waals surface area contributed by atoms with Crippen LogP contribution in [-0.2, 0) is 0 Å². The fourth-order valence-corrected chi connectivity index (χ4v) is 6.12. The minimum Gasteiger partial charge on any atom is -0.456 e. The Bertz CT molecular complexity index is 2490. The van der Waals surface area contributed by atoms with E-state index < -0.39 is 0 Å². The van der Waals surface area contributed by atoms with Crippen LogP contribution < -0.4 is 0 Å². The number of hydrogen-bond donors (Lipinski definition) is 0. The van der Waals surface area contributed by atoms with Crippen LogP contribution in [0.4, 0.5) is 0 Å². The first-order chi connectivity index (χ1) is 21.8. The topological polar surface area (TPSA) is 65.0 Å². The molecule has 0 unspecified atom stereocenters. The van der Waals surface area contributed by atoms with Crippen LogP contribution in [0.15, 0.2) is 148 Å². The van der Waals surface area contributed by atoms with Crippen LogP contribution in [0.1, 0.15) is 0 Å². The van der Waals surface area contributed by atoms with Crippen LogP contribution in [-0.4, -0.2) is 15.0 Å². The first-order valence-corrected chi connectivity index (χ1v) is 14.5. The molecule has 0 aliphatic rings. The highest BCUT2D eigenvalue weighted by Gasteiger charge is 2.18. The summed E-state index contributed by atoms with van der Waals surface area (Å²) in [6, 6.07) is 46.9. The maximum absolute atomic E-state index is 6.17. The summed E-state index contributed by atoms with van der Waals surface area (Å²) in [5.41, 5.74) is 8.36. The Labute approximate surface area is 252 Å². The Hall–Kier alpha value is -6.07. The Morgan fingerprint density at radius 2 is 0.773 bits per heavy atom. The molecule has 0 spiro atoms. The first kappa shape index (κ1) is 24.5. The summed E-state index contributed by atoms with van der Waals surface area (Å²) in [7, 11) is 0. The average Bonchev–Trinajstić information content (AvgIpc) is 3.67. The molecular weight excluding hydrogens is 542 g/mol. The molecular formula is C39H23N3O2. The fourth-order valence-electron chi connectivity index (χ4n) is 6.12. The van der Waals surface area contributed by atoms with Gasteiger partial charge in [0.1, 0.15) is 22.3 Å². The molecule has 206 valence electrons. The number of aromatic nitrogens is 3. The summed E-state index contributed by atoms with van der Waals surface area (Å²) >= 11 is 0. The average molecular weight is 566 g/mol. The van der Waals surface area contributed by atoms with E-state index in [2.05, 4.69) is 48.5 Å². The number of benzene rings is 6. The standard InChI is InChI=1S/C39H23N3O2/c1-2-10-25(11-3-1)37-40-38(42-39(41-37)30-15-9-19-34-36(30)29-13-5-7-17-32(29)44-34)26-22-20-24(21-23-26)27-14-8-18-33-35(27)28-12-4-6-16-31(28)43-33/h1-23H. The van der Waals surface area contributed by atoms with E-state index in [4.69, 9.17) is 23.8 Å². The summed E-state index contributed by atoms with van der Waals surface area (Å²) < 4.78 is 12.3. The van der Waals surface area contributed by atoms with E-state index in [1.54, 1.807) is 0 Å². The molecule has 44 heavy (non-hydrogen) atoms. The van der Waals surface area contributed by atoms with Gasteiger partial charge in [-0.1, -0.05) is 115 Å². The molecule has 0 atom stereocenters. The highest BCUT2D eigenvalue weighted by Crippen LogP contribution is 2.38. The Morgan fingerprint density at radius 3 is 1.41 bits per heavy atom. The Morgan fingerprint density at radius 1 is 0.318 bits per heavy atom. The number of fused-ring (bicyclic) bond motifs is 6. The van der Waals surface area contributed by atoms with Crippen LogP contribution in [0.3, 0.4) is 0 Å². The lowest BCUT2D eigenvalue weighted by atomic mass is 9.98. The van der Waals surface area contributed by atoms with Crippen LogP contribution in [0, 0.1) is 0 Å². The number of hydrogen-bond acceptors (Lipinski definition) is 5. The Balaban J connectivity index is 1.21. The van der Waals surface area contributed by atoms with Crippen molar-refractivity contribution in [1.82, 2.24) is 15.0 Å². The molecule has 0 aliphatic heterocycles. The van der Waals surface area contributed by atoms with Crippen molar-refractivity contribution in [1.29, 1.82) is 0 Å². The molecule has 0 bridgehead atoms. The monoisotopic (exact) mass is 565 g/mol. The van der Waals surface area contributed by atoms with Gasteiger partial charge >= 0.3 is 0 Å². The van der Waals surface area contributed by atoms with Crippen molar-refractivity contribution in [3.8, 4) is 45.3 Å². The molecule has 0 amide bonds. The van der Waals surface area contributed by atoms with Crippen molar-refractivity contribution in [2.45, 2.75) is 0 Å². The van der Waals surface area contributed by atoms with Gasteiger partial charge in [0.2, 0.25) is 0 Å². The second-order valence-electron chi connectivity index (χ2n) is 10.8. The van der Waals surface area contributed by atoms with Crippen molar-refractivity contribution in [3.63, 3.8) is 0 Å². The normalized spacial score (nSPS) is 11.6. The molecule has 5 heteroatoms. The molecule has 0 saturated carbocycles. The van der Waals surface area contributed by atoms with Gasteiger partial charge in [-0.15, -0.1) is 0 Å². The fraction of sp³-hybridized carbons (Fsp3) is 0. The minimum atomic E-state index is 0.602. The molecule has 9 rings (SSSR count). The molecule has 0 fully saturated rings. The van der Waals surface area contributed by atoms with Gasteiger partial charge in [0.25, 0.3) is 0 Å². The van der Waals surface area contributed by atoms with E-state index in [-0.39, 0.29) is 0 Å². The van der Waals surface area contributed by atoms with Crippen LogP contribution in [0.2, 0.25) is 0 Å². The quantitative estimate of drug-likeness (QED) is 0.212. The third-order valence-electron chi connectivity index (χ3n) is 8.17. The zero-order valence-electron chi connectivity index (χ0n) is 23.4. The summed E-state index contributed by atoms with van der Waals surface area (Å²) in [5, 5.41) is 4.25. The van der Waals surface area contributed by atoms with Crippen LogP contribution in [0.5, 0.6) is 0 Å². The molecule has 0 aliphatic carbocycles. The van der Waals surface area contributed by atoms with Crippen LogP contribution in [0.25, 0.3) is 89.2 Å². The van der Waals surface area contributed by atoms with Gasteiger partial charge in [-0.05, 0) is 35.4 Å². The third-order valence-corrected chi connectivity index (χ3v) is 8.17. The van der Waals surface area contributed by atoms with Crippen molar-refractivity contribution < 1.29 is 8.83 Å². The number of nitrogens with zero attached hydrogens (tertiary/aromatic N) is 3. The second-order valence-corrected chi connectivity index (χ2v) is 10.8. The maximum atomic E-state index is 6.17. The van der Waals surface area contributed by atoms with Gasteiger partial charge in [0, 0.05) is 38.2 Å². The predicted octanol–water partition coefficient (Wildman–Crippen LogP) is 10.3. The molecule has 6 aromatic carbocycles. The summed E-state index contributed by atoms with van der Waals surface area (Å²) in [6.45, 7) is 0. The van der Waals surface area contributed by atoms with Gasteiger partial charge in [0.15, 0.2) is 17.5 Å². The van der Waals surface area contributed by atoms with E-state index in [1.165, 1.54) is 0 Å². The Kier molecular flexibility index (Phi) is 5.43. The molecule has 3 heterocycles. The molecule has 0 saturated heterocycles. The lowest BCUT2D eigenvalue weighted by Crippen LogP contribution is -2.00. The zero-order valence-corrected chi connectivity index (χ0v) is 23.4. The van der Waals surface area contributed by atoms with Gasteiger partial charge in [-0.3, -0.25) is 0 Å². The highest BCUT2D eigenvalue weighted by molar-refractivity contribution is 6.13.